The molecule has 0 saturated carbocycles. The van der Waals surface area contributed by atoms with Crippen molar-refractivity contribution in [3.63, 3.8) is 0 Å². The maximum Gasteiger partial charge on any atom is 0.325 e. The summed E-state index contributed by atoms with van der Waals surface area (Å²) in [7, 11) is 0. The standard InChI is InChI=1S/C15H14FN3O4/c16-11-4-2-1-3-10(11)13-7-9(19-23-13)8-22-15(21)12-5-6-14(20)18-17-12/h1-4,7,12,17H,5-6,8H2,(H,18,20). The summed E-state index contributed by atoms with van der Waals surface area (Å²) in [6.45, 7) is -0.0943. The number of hydrogen-bond acceptors (Lipinski definition) is 6. The van der Waals surface area contributed by atoms with Crippen molar-refractivity contribution >= 4 is 11.9 Å². The fraction of sp³-hybridized carbons (Fsp3) is 0.267. The number of amides is 1. The Bertz CT molecular complexity index is 721. The Morgan fingerprint density at radius 1 is 1.43 bits per heavy atom. The van der Waals surface area contributed by atoms with Crippen molar-refractivity contribution in [2.24, 2.45) is 0 Å². The Balaban J connectivity index is 1.58. The van der Waals surface area contributed by atoms with E-state index >= 15 is 0 Å². The molecule has 2 heterocycles. The second-order valence-corrected chi connectivity index (χ2v) is 5.05. The maximum absolute atomic E-state index is 13.7. The van der Waals surface area contributed by atoms with Crippen LogP contribution >= 0.6 is 0 Å². The van der Waals surface area contributed by atoms with Crippen molar-refractivity contribution in [3.8, 4) is 11.3 Å². The molecule has 1 amide bonds. The minimum Gasteiger partial charge on any atom is -0.458 e. The molecule has 2 aromatic rings. The Hall–Kier alpha value is -2.74. The van der Waals surface area contributed by atoms with Gasteiger partial charge in [-0.2, -0.15) is 0 Å². The van der Waals surface area contributed by atoms with Gasteiger partial charge in [-0.05, 0) is 18.6 Å². The molecule has 0 bridgehead atoms. The number of carbonyl (C=O) groups excluding carboxylic acids is 2. The number of nitrogens with one attached hydrogen (secondary N) is 2. The summed E-state index contributed by atoms with van der Waals surface area (Å²) in [5.41, 5.74) is 5.61. The third kappa shape index (κ3) is 3.54. The van der Waals surface area contributed by atoms with E-state index in [1.807, 2.05) is 0 Å². The van der Waals surface area contributed by atoms with Gasteiger partial charge in [0.15, 0.2) is 5.76 Å². The lowest BCUT2D eigenvalue weighted by molar-refractivity contribution is -0.149. The van der Waals surface area contributed by atoms with Gasteiger partial charge in [0, 0.05) is 12.5 Å². The normalized spacial score (nSPS) is 17.6. The molecule has 1 aliphatic heterocycles. The van der Waals surface area contributed by atoms with Crippen LogP contribution in [0, 0.1) is 5.82 Å². The van der Waals surface area contributed by atoms with Crippen LogP contribution in [0.5, 0.6) is 0 Å². The average molecular weight is 319 g/mol. The molecule has 23 heavy (non-hydrogen) atoms. The maximum atomic E-state index is 13.7. The van der Waals surface area contributed by atoms with E-state index in [-0.39, 0.29) is 30.3 Å². The molecular weight excluding hydrogens is 305 g/mol. The predicted molar refractivity (Wildman–Crippen MR) is 76.0 cm³/mol. The molecule has 7 nitrogen and oxygen atoms in total. The van der Waals surface area contributed by atoms with E-state index in [9.17, 15) is 14.0 Å². The van der Waals surface area contributed by atoms with Gasteiger partial charge in [-0.3, -0.25) is 15.0 Å². The van der Waals surface area contributed by atoms with Crippen LogP contribution in [0.4, 0.5) is 4.39 Å². The fourth-order valence-electron chi connectivity index (χ4n) is 2.17. The lowest BCUT2D eigenvalue weighted by Crippen LogP contribution is -2.53. The smallest absolute Gasteiger partial charge is 0.325 e. The van der Waals surface area contributed by atoms with Crippen molar-refractivity contribution in [3.05, 3.63) is 41.8 Å². The van der Waals surface area contributed by atoms with Crippen LogP contribution in [0.3, 0.4) is 0 Å². The molecule has 120 valence electrons. The first-order chi connectivity index (χ1) is 11.1. The Morgan fingerprint density at radius 3 is 3.00 bits per heavy atom. The number of hydrazine groups is 1. The number of rotatable bonds is 4. The van der Waals surface area contributed by atoms with E-state index in [0.717, 1.165) is 0 Å². The highest BCUT2D eigenvalue weighted by Crippen LogP contribution is 2.23. The number of esters is 1. The summed E-state index contributed by atoms with van der Waals surface area (Å²) in [5, 5.41) is 3.75. The Morgan fingerprint density at radius 2 is 2.26 bits per heavy atom. The summed E-state index contributed by atoms with van der Waals surface area (Å²) in [6.07, 6.45) is 0.623. The van der Waals surface area contributed by atoms with Crippen molar-refractivity contribution in [1.29, 1.82) is 0 Å². The summed E-state index contributed by atoms with van der Waals surface area (Å²) in [5.74, 6) is -0.827. The van der Waals surface area contributed by atoms with Gasteiger partial charge in [0.05, 0.1) is 5.56 Å². The number of hydrogen-bond donors (Lipinski definition) is 2. The lowest BCUT2D eigenvalue weighted by Gasteiger charge is -2.21. The van der Waals surface area contributed by atoms with Gasteiger partial charge in [0.1, 0.15) is 24.2 Å². The number of benzene rings is 1. The molecule has 1 fully saturated rings. The van der Waals surface area contributed by atoms with Crippen LogP contribution in [0.2, 0.25) is 0 Å². The highest BCUT2D eigenvalue weighted by Gasteiger charge is 2.25. The summed E-state index contributed by atoms with van der Waals surface area (Å²) in [6, 6.07) is 7.07. The third-order valence-corrected chi connectivity index (χ3v) is 3.39. The van der Waals surface area contributed by atoms with Crippen molar-refractivity contribution in [1.82, 2.24) is 16.0 Å². The zero-order valence-electron chi connectivity index (χ0n) is 12.0. The second-order valence-electron chi connectivity index (χ2n) is 5.05. The number of aromatic nitrogens is 1. The molecule has 1 atom stereocenters. The minimum atomic E-state index is -0.592. The van der Waals surface area contributed by atoms with Gasteiger partial charge in [-0.1, -0.05) is 17.3 Å². The van der Waals surface area contributed by atoms with Crippen LogP contribution in [-0.4, -0.2) is 23.1 Å². The fourth-order valence-corrected chi connectivity index (χ4v) is 2.17. The highest BCUT2D eigenvalue weighted by molar-refractivity contribution is 5.81. The second kappa shape index (κ2) is 6.57. The highest BCUT2D eigenvalue weighted by atomic mass is 19.1. The van der Waals surface area contributed by atoms with Crippen LogP contribution in [-0.2, 0) is 20.9 Å². The Labute approximate surface area is 130 Å². The third-order valence-electron chi connectivity index (χ3n) is 3.39. The summed E-state index contributed by atoms with van der Waals surface area (Å²) < 4.78 is 23.8. The van der Waals surface area contributed by atoms with Crippen molar-refractivity contribution < 1.29 is 23.2 Å². The monoisotopic (exact) mass is 319 g/mol. The quantitative estimate of drug-likeness (QED) is 0.825. The van der Waals surface area contributed by atoms with Gasteiger partial charge in [0.2, 0.25) is 5.91 Å². The van der Waals surface area contributed by atoms with Crippen LogP contribution < -0.4 is 10.9 Å². The first kappa shape index (κ1) is 15.2. The number of nitrogens with zero attached hydrogens (tertiary/aromatic N) is 1. The summed E-state index contributed by atoms with van der Waals surface area (Å²) in [4.78, 5) is 22.9. The first-order valence-electron chi connectivity index (χ1n) is 7.05. The SMILES string of the molecule is O=C1CCC(C(=O)OCc2cc(-c3ccccc3F)on2)NN1. The van der Waals surface area contributed by atoms with E-state index in [2.05, 4.69) is 16.0 Å². The molecule has 1 aromatic carbocycles. The van der Waals surface area contributed by atoms with E-state index in [0.29, 0.717) is 12.1 Å². The molecule has 8 heteroatoms. The van der Waals surface area contributed by atoms with Crippen LogP contribution in [0.15, 0.2) is 34.9 Å². The first-order valence-corrected chi connectivity index (χ1v) is 7.05. The topological polar surface area (TPSA) is 93.5 Å². The van der Waals surface area contributed by atoms with E-state index in [1.54, 1.807) is 18.2 Å². The van der Waals surface area contributed by atoms with Gasteiger partial charge in [-0.25, -0.2) is 9.82 Å². The van der Waals surface area contributed by atoms with Gasteiger partial charge >= 0.3 is 5.97 Å². The number of carbonyl (C=O) groups is 2. The van der Waals surface area contributed by atoms with Gasteiger partial charge in [-0.15, -0.1) is 0 Å². The summed E-state index contributed by atoms with van der Waals surface area (Å²) >= 11 is 0. The molecule has 0 spiro atoms. The lowest BCUT2D eigenvalue weighted by atomic mass is 10.1. The zero-order chi connectivity index (χ0) is 16.2. The van der Waals surface area contributed by atoms with E-state index in [1.165, 1.54) is 12.1 Å². The van der Waals surface area contributed by atoms with E-state index < -0.39 is 17.8 Å². The van der Waals surface area contributed by atoms with Crippen LogP contribution in [0.1, 0.15) is 18.5 Å². The number of halogens is 1. The van der Waals surface area contributed by atoms with Crippen molar-refractivity contribution in [2.75, 3.05) is 0 Å². The molecule has 0 radical (unpaired) electrons. The number of ether oxygens (including phenoxy) is 1. The van der Waals surface area contributed by atoms with Gasteiger partial charge < -0.3 is 9.26 Å². The zero-order valence-corrected chi connectivity index (χ0v) is 12.0. The largest absolute Gasteiger partial charge is 0.458 e. The molecule has 1 saturated heterocycles. The van der Waals surface area contributed by atoms with Crippen molar-refractivity contribution in [2.45, 2.75) is 25.5 Å². The molecular formula is C15H14FN3O4. The Kier molecular flexibility index (Phi) is 4.33. The molecule has 0 aliphatic carbocycles. The van der Waals surface area contributed by atoms with Crippen LogP contribution in [0.25, 0.3) is 11.3 Å². The molecule has 2 N–H and O–H groups in total. The average Bonchev–Trinajstić information content (AvgIpc) is 3.02. The molecule has 1 aliphatic rings. The van der Waals surface area contributed by atoms with E-state index in [4.69, 9.17) is 9.26 Å². The molecule has 3 rings (SSSR count). The molecule has 1 unspecified atom stereocenters. The van der Waals surface area contributed by atoms with Gasteiger partial charge in [0.25, 0.3) is 0 Å². The molecule has 1 aromatic heterocycles. The minimum absolute atomic E-state index is 0.0943. The predicted octanol–water partition coefficient (Wildman–Crippen LogP) is 1.31.